The molecule has 7 nitrogen and oxygen atoms in total. The van der Waals surface area contributed by atoms with Crippen molar-refractivity contribution < 1.29 is 14.4 Å². The van der Waals surface area contributed by atoms with Gasteiger partial charge in [0.2, 0.25) is 0 Å². The van der Waals surface area contributed by atoms with Crippen LogP contribution in [0.1, 0.15) is 17.4 Å². The van der Waals surface area contributed by atoms with Crippen molar-refractivity contribution in [3.63, 3.8) is 0 Å². The topological polar surface area (TPSA) is 92.2 Å². The average Bonchev–Trinajstić information content (AvgIpc) is 3.01. The highest BCUT2D eigenvalue weighted by atomic mass is 35.5. The minimum atomic E-state index is -0.894. The van der Waals surface area contributed by atoms with Gasteiger partial charge in [-0.25, -0.2) is 4.68 Å². The van der Waals surface area contributed by atoms with E-state index >= 15 is 0 Å². The summed E-state index contributed by atoms with van der Waals surface area (Å²) < 4.78 is 1.26. The molecular formula is C19H16Cl2N4O3. The molecule has 0 bridgehead atoms. The first-order valence-corrected chi connectivity index (χ1v) is 9.11. The number of amides is 3. The van der Waals surface area contributed by atoms with Gasteiger partial charge in [-0.1, -0.05) is 23.2 Å². The molecule has 0 unspecified atom stereocenters. The summed E-state index contributed by atoms with van der Waals surface area (Å²) in [5, 5.41) is 6.78. The largest absolute Gasteiger partial charge is 0.348 e. The average molecular weight is 419 g/mol. The van der Waals surface area contributed by atoms with Gasteiger partial charge in [-0.3, -0.25) is 19.8 Å². The van der Waals surface area contributed by atoms with Crippen LogP contribution in [0.15, 0.2) is 48.5 Å². The molecule has 0 aliphatic rings. The van der Waals surface area contributed by atoms with Gasteiger partial charge in [0.15, 0.2) is 0 Å². The number of rotatable bonds is 4. The van der Waals surface area contributed by atoms with E-state index in [0.717, 1.165) is 0 Å². The zero-order valence-corrected chi connectivity index (χ0v) is 16.3. The number of hydrogen-bond donors (Lipinski definition) is 3. The Labute approximate surface area is 170 Å². The van der Waals surface area contributed by atoms with Crippen molar-refractivity contribution in [2.75, 3.05) is 17.3 Å². The van der Waals surface area contributed by atoms with E-state index in [-0.39, 0.29) is 5.69 Å². The van der Waals surface area contributed by atoms with Crippen molar-refractivity contribution in [3.05, 3.63) is 64.3 Å². The first-order valence-electron chi connectivity index (χ1n) is 8.36. The highest BCUT2D eigenvalue weighted by Gasteiger charge is 2.20. The van der Waals surface area contributed by atoms with Crippen molar-refractivity contribution >= 4 is 57.5 Å². The lowest BCUT2D eigenvalue weighted by Crippen LogP contribution is -2.39. The second-order valence-corrected chi connectivity index (χ2v) is 6.70. The third-order valence-corrected chi connectivity index (χ3v) is 4.34. The maximum atomic E-state index is 12.8. The SMILES string of the molecule is CCNC(=O)C(=O)Nn1c(C(=O)Nc2ccc(Cl)cc2)cc2cc(Cl)ccc21. The zero-order chi connectivity index (χ0) is 20.3. The molecule has 144 valence electrons. The molecule has 28 heavy (non-hydrogen) atoms. The van der Waals surface area contributed by atoms with Crippen LogP contribution in [0.5, 0.6) is 0 Å². The fourth-order valence-electron chi connectivity index (χ4n) is 2.60. The number of hydrogen-bond acceptors (Lipinski definition) is 3. The van der Waals surface area contributed by atoms with Gasteiger partial charge in [0.1, 0.15) is 5.69 Å². The number of carbonyl (C=O) groups is 3. The summed E-state index contributed by atoms with van der Waals surface area (Å²) in [7, 11) is 0. The molecule has 0 saturated heterocycles. The molecule has 0 aliphatic carbocycles. The molecule has 1 aromatic heterocycles. The van der Waals surface area contributed by atoms with Crippen LogP contribution in [0.4, 0.5) is 5.69 Å². The Bertz CT molecular complexity index is 1060. The van der Waals surface area contributed by atoms with Crippen molar-refractivity contribution in [1.29, 1.82) is 0 Å². The van der Waals surface area contributed by atoms with E-state index in [0.29, 0.717) is 33.2 Å². The Hall–Kier alpha value is -3.03. The molecule has 2 aromatic carbocycles. The van der Waals surface area contributed by atoms with Gasteiger partial charge in [0.25, 0.3) is 5.91 Å². The summed E-state index contributed by atoms with van der Waals surface area (Å²) in [5.41, 5.74) is 3.63. The van der Waals surface area contributed by atoms with Crippen molar-refractivity contribution in [3.8, 4) is 0 Å². The first kappa shape index (κ1) is 19.7. The monoisotopic (exact) mass is 418 g/mol. The number of aromatic nitrogens is 1. The second kappa shape index (κ2) is 8.33. The van der Waals surface area contributed by atoms with E-state index < -0.39 is 17.7 Å². The lowest BCUT2D eigenvalue weighted by molar-refractivity contribution is -0.136. The minimum absolute atomic E-state index is 0.130. The van der Waals surface area contributed by atoms with Crippen LogP contribution >= 0.6 is 23.2 Å². The predicted octanol–water partition coefficient (Wildman–Crippen LogP) is 3.41. The molecule has 0 fully saturated rings. The Kier molecular flexibility index (Phi) is 5.87. The molecule has 0 spiro atoms. The normalized spacial score (nSPS) is 10.5. The summed E-state index contributed by atoms with van der Waals surface area (Å²) in [6.45, 7) is 2.00. The molecular weight excluding hydrogens is 403 g/mol. The summed E-state index contributed by atoms with van der Waals surface area (Å²) in [6, 6.07) is 13.1. The molecule has 3 N–H and O–H groups in total. The quantitative estimate of drug-likeness (QED) is 0.566. The van der Waals surface area contributed by atoms with Crippen LogP contribution in [-0.4, -0.2) is 28.9 Å². The van der Waals surface area contributed by atoms with E-state index in [1.165, 1.54) is 4.68 Å². The van der Waals surface area contributed by atoms with E-state index in [9.17, 15) is 14.4 Å². The van der Waals surface area contributed by atoms with Gasteiger partial charge in [-0.2, -0.15) is 0 Å². The van der Waals surface area contributed by atoms with Gasteiger partial charge < -0.3 is 10.6 Å². The maximum absolute atomic E-state index is 12.8. The van der Waals surface area contributed by atoms with Crippen LogP contribution in [0.3, 0.4) is 0 Å². The van der Waals surface area contributed by atoms with Crippen LogP contribution in [0.2, 0.25) is 10.0 Å². The number of fused-ring (bicyclic) bond motifs is 1. The summed E-state index contributed by atoms with van der Waals surface area (Å²) in [4.78, 5) is 36.8. The molecule has 3 amide bonds. The van der Waals surface area contributed by atoms with E-state index in [2.05, 4.69) is 16.1 Å². The van der Waals surface area contributed by atoms with Crippen molar-refractivity contribution in [2.24, 2.45) is 0 Å². The van der Waals surface area contributed by atoms with Crippen LogP contribution in [0.25, 0.3) is 10.9 Å². The van der Waals surface area contributed by atoms with Gasteiger partial charge in [0, 0.05) is 27.7 Å². The number of anilines is 1. The highest BCUT2D eigenvalue weighted by molar-refractivity contribution is 6.38. The van der Waals surface area contributed by atoms with Gasteiger partial charge in [-0.05, 0) is 55.5 Å². The number of nitrogens with one attached hydrogen (secondary N) is 3. The predicted molar refractivity (Wildman–Crippen MR) is 109 cm³/mol. The Morgan fingerprint density at radius 1 is 0.929 bits per heavy atom. The lowest BCUT2D eigenvalue weighted by atomic mass is 10.2. The Morgan fingerprint density at radius 3 is 2.29 bits per heavy atom. The lowest BCUT2D eigenvalue weighted by Gasteiger charge is -2.12. The van der Waals surface area contributed by atoms with Crippen LogP contribution < -0.4 is 16.1 Å². The number of nitrogens with zero attached hydrogens (tertiary/aromatic N) is 1. The Morgan fingerprint density at radius 2 is 1.61 bits per heavy atom. The van der Waals surface area contributed by atoms with Crippen molar-refractivity contribution in [2.45, 2.75) is 6.92 Å². The Balaban J connectivity index is 1.97. The fraction of sp³-hybridized carbons (Fsp3) is 0.105. The first-order chi connectivity index (χ1) is 13.4. The molecule has 3 rings (SSSR count). The minimum Gasteiger partial charge on any atom is -0.348 e. The van der Waals surface area contributed by atoms with Gasteiger partial charge in [-0.15, -0.1) is 0 Å². The van der Waals surface area contributed by atoms with Gasteiger partial charge in [0.05, 0.1) is 5.52 Å². The zero-order valence-electron chi connectivity index (χ0n) is 14.8. The number of likely N-dealkylation sites (N-methyl/N-ethyl adjacent to an activating group) is 1. The molecule has 0 saturated carbocycles. The molecule has 0 atom stereocenters. The molecule has 9 heteroatoms. The number of carbonyl (C=O) groups excluding carboxylic acids is 3. The smallest absolute Gasteiger partial charge is 0.328 e. The second-order valence-electron chi connectivity index (χ2n) is 5.83. The molecule has 3 aromatic rings. The summed E-state index contributed by atoms with van der Waals surface area (Å²) in [6.07, 6.45) is 0. The number of benzene rings is 2. The molecule has 1 heterocycles. The van der Waals surface area contributed by atoms with E-state index in [1.54, 1.807) is 55.5 Å². The standard InChI is InChI=1S/C19H16Cl2N4O3/c1-2-22-18(27)19(28)24-25-15-8-5-13(21)9-11(15)10-16(25)17(26)23-14-6-3-12(20)4-7-14/h3-10H,2H2,1H3,(H,22,27)(H,23,26)(H,24,28). The number of halogens is 2. The van der Waals surface area contributed by atoms with E-state index in [4.69, 9.17) is 23.2 Å². The molecule has 0 aliphatic heterocycles. The van der Waals surface area contributed by atoms with E-state index in [1.807, 2.05) is 0 Å². The third kappa shape index (κ3) is 4.27. The van der Waals surface area contributed by atoms with Crippen LogP contribution in [0, 0.1) is 0 Å². The van der Waals surface area contributed by atoms with Gasteiger partial charge >= 0.3 is 11.8 Å². The highest BCUT2D eigenvalue weighted by Crippen LogP contribution is 2.24. The summed E-state index contributed by atoms with van der Waals surface area (Å²) in [5.74, 6) is -2.18. The molecule has 0 radical (unpaired) electrons. The maximum Gasteiger partial charge on any atom is 0.328 e. The third-order valence-electron chi connectivity index (χ3n) is 3.86. The summed E-state index contributed by atoms with van der Waals surface area (Å²) >= 11 is 11.9. The van der Waals surface area contributed by atoms with Crippen molar-refractivity contribution in [1.82, 2.24) is 9.99 Å². The van der Waals surface area contributed by atoms with Crippen LogP contribution in [-0.2, 0) is 9.59 Å². The fourth-order valence-corrected chi connectivity index (χ4v) is 2.90.